The van der Waals surface area contributed by atoms with E-state index in [0.29, 0.717) is 5.69 Å². The number of aromatic amines is 1. The van der Waals surface area contributed by atoms with Crippen LogP contribution in [0.3, 0.4) is 0 Å². The molecule has 14 heavy (non-hydrogen) atoms. The molecule has 1 rings (SSSR count). The van der Waals surface area contributed by atoms with Gasteiger partial charge in [-0.2, -0.15) is 0 Å². The zero-order valence-electron chi connectivity index (χ0n) is 9.34. The summed E-state index contributed by atoms with van der Waals surface area (Å²) in [5, 5.41) is 0. The van der Waals surface area contributed by atoms with Crippen molar-refractivity contribution >= 4 is 0 Å². The van der Waals surface area contributed by atoms with Gasteiger partial charge in [-0.15, -0.1) is 0 Å². The molecule has 0 amide bonds. The van der Waals surface area contributed by atoms with Crippen molar-refractivity contribution in [3.63, 3.8) is 0 Å². The van der Waals surface area contributed by atoms with Crippen molar-refractivity contribution in [2.45, 2.75) is 33.2 Å². The second-order valence-corrected chi connectivity index (χ2v) is 4.10. The SMILES string of the molecule is Cc1cc(=O)n(C(C)(C)C)c(=O)[nH]1.[Na+]. The topological polar surface area (TPSA) is 54.9 Å². The van der Waals surface area contributed by atoms with Crippen LogP contribution in [0.4, 0.5) is 0 Å². The monoisotopic (exact) mass is 205 g/mol. The molecule has 0 spiro atoms. The van der Waals surface area contributed by atoms with Gasteiger partial charge in [-0.3, -0.25) is 9.36 Å². The minimum Gasteiger partial charge on any atom is -0.311 e. The Labute approximate surface area is 105 Å². The summed E-state index contributed by atoms with van der Waals surface area (Å²) in [6.07, 6.45) is 0. The molecule has 0 atom stereocenters. The summed E-state index contributed by atoms with van der Waals surface area (Å²) in [5.41, 5.74) is -0.486. The van der Waals surface area contributed by atoms with Gasteiger partial charge in [0, 0.05) is 17.3 Å². The molecule has 0 aliphatic carbocycles. The number of hydrogen-bond acceptors (Lipinski definition) is 2. The Hall–Kier alpha value is -0.320. The van der Waals surface area contributed by atoms with E-state index in [0.717, 1.165) is 0 Å². The smallest absolute Gasteiger partial charge is 0.311 e. The summed E-state index contributed by atoms with van der Waals surface area (Å²) in [6.45, 7) is 7.15. The number of hydrogen-bond donors (Lipinski definition) is 1. The zero-order valence-corrected chi connectivity index (χ0v) is 11.3. The van der Waals surface area contributed by atoms with Crippen LogP contribution in [0, 0.1) is 6.92 Å². The maximum Gasteiger partial charge on any atom is 1.00 e. The molecule has 0 aliphatic rings. The van der Waals surface area contributed by atoms with Gasteiger partial charge in [0.1, 0.15) is 0 Å². The number of rotatable bonds is 0. The first-order chi connectivity index (χ1) is 5.82. The van der Waals surface area contributed by atoms with Crippen LogP contribution in [-0.2, 0) is 5.54 Å². The molecule has 5 heteroatoms. The quantitative estimate of drug-likeness (QED) is 0.480. The largest absolute Gasteiger partial charge is 1.00 e. The normalized spacial score (nSPS) is 10.9. The van der Waals surface area contributed by atoms with E-state index in [9.17, 15) is 9.59 Å². The zero-order chi connectivity index (χ0) is 10.2. The molecule has 0 aromatic carbocycles. The first-order valence-corrected chi connectivity index (χ1v) is 4.16. The molecule has 1 aromatic rings. The predicted molar refractivity (Wildman–Crippen MR) is 51.1 cm³/mol. The van der Waals surface area contributed by atoms with E-state index in [1.165, 1.54) is 10.6 Å². The van der Waals surface area contributed by atoms with E-state index in [2.05, 4.69) is 4.98 Å². The molecule has 0 fully saturated rings. The molecule has 1 N–H and O–H groups in total. The molecule has 72 valence electrons. The number of aromatic nitrogens is 2. The van der Waals surface area contributed by atoms with Gasteiger partial charge in [0.05, 0.1) is 0 Å². The Morgan fingerprint density at radius 2 is 1.79 bits per heavy atom. The first kappa shape index (κ1) is 13.7. The molecule has 0 unspecified atom stereocenters. The molecule has 4 nitrogen and oxygen atoms in total. The van der Waals surface area contributed by atoms with Crippen LogP contribution in [0.5, 0.6) is 0 Å². The molecule has 1 aromatic heterocycles. The fraction of sp³-hybridized carbons (Fsp3) is 0.556. The van der Waals surface area contributed by atoms with Crippen LogP contribution >= 0.6 is 0 Å². The number of nitrogens with zero attached hydrogens (tertiary/aromatic N) is 1. The summed E-state index contributed by atoms with van der Waals surface area (Å²) >= 11 is 0. The van der Waals surface area contributed by atoms with E-state index in [1.54, 1.807) is 6.92 Å². The minimum atomic E-state index is -0.474. The van der Waals surface area contributed by atoms with Crippen molar-refractivity contribution in [1.29, 1.82) is 0 Å². The molecular formula is C9H14N2NaO2+. The van der Waals surface area contributed by atoms with Gasteiger partial charge in [-0.1, -0.05) is 0 Å². The van der Waals surface area contributed by atoms with Crippen molar-refractivity contribution in [2.75, 3.05) is 0 Å². The van der Waals surface area contributed by atoms with Crippen LogP contribution < -0.4 is 40.8 Å². The average Bonchev–Trinajstić information content (AvgIpc) is 1.78. The van der Waals surface area contributed by atoms with Crippen LogP contribution in [0.15, 0.2) is 15.7 Å². The fourth-order valence-corrected chi connectivity index (χ4v) is 1.25. The standard InChI is InChI=1S/C9H14N2O2.Na/c1-6-5-7(12)11(8(13)10-6)9(2,3)4;/h5H,1-4H3,(H,10,13);/q;+1. The molecule has 0 saturated carbocycles. The van der Waals surface area contributed by atoms with E-state index < -0.39 is 5.54 Å². The van der Waals surface area contributed by atoms with Crippen molar-refractivity contribution in [3.05, 3.63) is 32.6 Å². The van der Waals surface area contributed by atoms with Crippen LogP contribution in [0.1, 0.15) is 26.5 Å². The molecule has 0 saturated heterocycles. The minimum absolute atomic E-state index is 0. The van der Waals surface area contributed by atoms with Gasteiger partial charge in [-0.25, -0.2) is 4.79 Å². The molecule has 0 aliphatic heterocycles. The Kier molecular flexibility index (Phi) is 4.36. The third-order valence-electron chi connectivity index (χ3n) is 1.74. The van der Waals surface area contributed by atoms with Gasteiger partial charge in [-0.05, 0) is 27.7 Å². The molecular weight excluding hydrogens is 191 g/mol. The van der Waals surface area contributed by atoms with E-state index in [1.807, 2.05) is 20.8 Å². The Balaban J connectivity index is 0.00000169. The van der Waals surface area contributed by atoms with Crippen molar-refractivity contribution < 1.29 is 29.6 Å². The van der Waals surface area contributed by atoms with Gasteiger partial charge >= 0.3 is 35.2 Å². The second-order valence-electron chi connectivity index (χ2n) is 4.10. The van der Waals surface area contributed by atoms with E-state index >= 15 is 0 Å². The summed E-state index contributed by atoms with van der Waals surface area (Å²) in [7, 11) is 0. The van der Waals surface area contributed by atoms with E-state index in [4.69, 9.17) is 0 Å². The number of nitrogens with one attached hydrogen (secondary N) is 1. The number of aryl methyl sites for hydroxylation is 1. The van der Waals surface area contributed by atoms with E-state index in [-0.39, 0.29) is 40.8 Å². The summed E-state index contributed by atoms with van der Waals surface area (Å²) in [5.74, 6) is 0. The van der Waals surface area contributed by atoms with Gasteiger partial charge < -0.3 is 4.98 Å². The fourth-order valence-electron chi connectivity index (χ4n) is 1.25. The predicted octanol–water partition coefficient (Wildman–Crippen LogP) is -2.40. The molecule has 0 radical (unpaired) electrons. The van der Waals surface area contributed by atoms with Crippen molar-refractivity contribution in [3.8, 4) is 0 Å². The Bertz CT molecular complexity index is 394. The maximum absolute atomic E-state index is 11.5. The third-order valence-corrected chi connectivity index (χ3v) is 1.74. The summed E-state index contributed by atoms with van der Waals surface area (Å²) in [6, 6.07) is 1.42. The Morgan fingerprint density at radius 3 is 2.14 bits per heavy atom. The average molecular weight is 205 g/mol. The third kappa shape index (κ3) is 2.83. The first-order valence-electron chi connectivity index (χ1n) is 4.16. The van der Waals surface area contributed by atoms with Gasteiger partial charge in [0.15, 0.2) is 0 Å². The second kappa shape index (κ2) is 4.47. The van der Waals surface area contributed by atoms with Crippen LogP contribution in [-0.4, -0.2) is 9.55 Å². The van der Waals surface area contributed by atoms with Crippen molar-refractivity contribution in [1.82, 2.24) is 9.55 Å². The van der Waals surface area contributed by atoms with Gasteiger partial charge in [0.25, 0.3) is 5.56 Å². The van der Waals surface area contributed by atoms with Crippen molar-refractivity contribution in [2.24, 2.45) is 0 Å². The summed E-state index contributed by atoms with van der Waals surface area (Å²) in [4.78, 5) is 25.5. The van der Waals surface area contributed by atoms with Crippen LogP contribution in [0.2, 0.25) is 0 Å². The summed E-state index contributed by atoms with van der Waals surface area (Å²) < 4.78 is 1.21. The molecule has 0 bridgehead atoms. The van der Waals surface area contributed by atoms with Crippen LogP contribution in [0.25, 0.3) is 0 Å². The number of H-pyrrole nitrogens is 1. The molecule has 1 heterocycles. The Morgan fingerprint density at radius 1 is 1.29 bits per heavy atom. The maximum atomic E-state index is 11.5. The van der Waals surface area contributed by atoms with Gasteiger partial charge in [0.2, 0.25) is 0 Å².